The summed E-state index contributed by atoms with van der Waals surface area (Å²) in [5.74, 6) is 0.162. The van der Waals surface area contributed by atoms with Crippen LogP contribution in [0, 0.1) is 0 Å². The molecule has 8 heteroatoms. The lowest BCUT2D eigenvalue weighted by Gasteiger charge is -2.11. The third kappa shape index (κ3) is 3.87. The molecule has 4 heterocycles. The van der Waals surface area contributed by atoms with E-state index in [-0.39, 0.29) is 12.0 Å². The first-order chi connectivity index (χ1) is 12.8. The fourth-order valence-electron chi connectivity index (χ4n) is 2.54. The monoisotopic (exact) mass is 368 g/mol. The number of anilines is 1. The van der Waals surface area contributed by atoms with Gasteiger partial charge in [0, 0.05) is 47.6 Å². The number of carbonyl (C=O) groups excluding carboxylic acids is 1. The van der Waals surface area contributed by atoms with Gasteiger partial charge >= 0.3 is 0 Å². The van der Waals surface area contributed by atoms with E-state index in [1.807, 2.05) is 17.5 Å². The minimum Gasteiger partial charge on any atom is -0.472 e. The van der Waals surface area contributed by atoms with Crippen LogP contribution in [-0.4, -0.2) is 40.2 Å². The lowest BCUT2D eigenvalue weighted by atomic mass is 10.2. The molecule has 0 spiro atoms. The topological polar surface area (TPSA) is 86.2 Å². The maximum atomic E-state index is 12.5. The summed E-state index contributed by atoms with van der Waals surface area (Å²) in [6, 6.07) is 7.04. The molecule has 0 saturated carbocycles. The summed E-state index contributed by atoms with van der Waals surface area (Å²) < 4.78 is 11.0. The molecule has 1 N–H and O–H groups in total. The van der Waals surface area contributed by atoms with Crippen molar-refractivity contribution in [2.24, 2.45) is 0 Å². The van der Waals surface area contributed by atoms with Crippen molar-refractivity contribution in [3.63, 3.8) is 0 Å². The van der Waals surface area contributed by atoms with Crippen LogP contribution in [0.5, 0.6) is 5.88 Å². The molecular weight excluding hydrogens is 352 g/mol. The summed E-state index contributed by atoms with van der Waals surface area (Å²) in [5.41, 5.74) is 2.15. The quantitative estimate of drug-likeness (QED) is 0.745. The summed E-state index contributed by atoms with van der Waals surface area (Å²) in [5, 5.41) is 5.22. The van der Waals surface area contributed by atoms with E-state index in [2.05, 4.69) is 20.3 Å². The number of pyridine rings is 2. The molecule has 1 aliphatic rings. The number of ether oxygens (including phenoxy) is 2. The Balaban J connectivity index is 1.44. The van der Waals surface area contributed by atoms with Gasteiger partial charge in [-0.15, -0.1) is 11.3 Å². The highest BCUT2D eigenvalue weighted by Gasteiger charge is 2.18. The Hall–Kier alpha value is -2.84. The Bertz CT molecular complexity index is 894. The van der Waals surface area contributed by atoms with Gasteiger partial charge in [-0.25, -0.2) is 9.97 Å². The highest BCUT2D eigenvalue weighted by atomic mass is 32.1. The van der Waals surface area contributed by atoms with E-state index in [1.54, 1.807) is 30.7 Å². The highest BCUT2D eigenvalue weighted by molar-refractivity contribution is 7.14. The van der Waals surface area contributed by atoms with E-state index in [0.29, 0.717) is 29.8 Å². The largest absolute Gasteiger partial charge is 0.472 e. The first-order valence-corrected chi connectivity index (χ1v) is 9.03. The molecule has 1 amide bonds. The van der Waals surface area contributed by atoms with Crippen molar-refractivity contribution >= 4 is 22.4 Å². The zero-order valence-corrected chi connectivity index (χ0v) is 14.6. The third-order valence-corrected chi connectivity index (χ3v) is 4.61. The molecule has 0 bridgehead atoms. The molecule has 3 aromatic heterocycles. The van der Waals surface area contributed by atoms with Crippen LogP contribution in [0.15, 0.2) is 48.2 Å². The number of thiazole rings is 1. The molecule has 1 aliphatic heterocycles. The fraction of sp³-hybridized carbons (Fsp3) is 0.222. The minimum atomic E-state index is -0.257. The van der Waals surface area contributed by atoms with Crippen molar-refractivity contribution in [3.8, 4) is 17.1 Å². The van der Waals surface area contributed by atoms with Crippen molar-refractivity contribution in [1.82, 2.24) is 15.0 Å². The van der Waals surface area contributed by atoms with E-state index in [0.717, 1.165) is 17.7 Å². The number of aromatic nitrogens is 3. The number of nitrogens with one attached hydrogen (secondary N) is 1. The molecule has 132 valence electrons. The molecule has 0 aliphatic carbocycles. The normalized spacial score (nSPS) is 16.4. The Morgan fingerprint density at radius 2 is 2.31 bits per heavy atom. The van der Waals surface area contributed by atoms with Gasteiger partial charge in [-0.2, -0.15) is 0 Å². The SMILES string of the molecule is O=C(Nc1nc(-c2cccnc2)cs1)c1ccnc(OC2CCOC2)c1. The van der Waals surface area contributed by atoms with Crippen LogP contribution >= 0.6 is 11.3 Å². The van der Waals surface area contributed by atoms with Gasteiger partial charge < -0.3 is 9.47 Å². The molecule has 0 aromatic carbocycles. The van der Waals surface area contributed by atoms with Crippen LogP contribution in [0.3, 0.4) is 0 Å². The average molecular weight is 368 g/mol. The molecule has 7 nitrogen and oxygen atoms in total. The van der Waals surface area contributed by atoms with Crippen LogP contribution in [0.1, 0.15) is 16.8 Å². The first-order valence-electron chi connectivity index (χ1n) is 8.16. The number of amides is 1. The van der Waals surface area contributed by atoms with Crippen molar-refractivity contribution in [1.29, 1.82) is 0 Å². The number of rotatable bonds is 5. The van der Waals surface area contributed by atoms with Gasteiger partial charge in [-0.3, -0.25) is 15.1 Å². The van der Waals surface area contributed by atoms with Crippen LogP contribution in [0.4, 0.5) is 5.13 Å². The van der Waals surface area contributed by atoms with Crippen molar-refractivity contribution in [2.45, 2.75) is 12.5 Å². The summed E-state index contributed by atoms with van der Waals surface area (Å²) >= 11 is 1.36. The molecule has 1 fully saturated rings. The predicted molar refractivity (Wildman–Crippen MR) is 97.4 cm³/mol. The van der Waals surface area contributed by atoms with E-state index in [4.69, 9.17) is 9.47 Å². The minimum absolute atomic E-state index is 0.0122. The standard InChI is InChI=1S/C18H16N4O3S/c23-17(12-3-6-20-16(8-12)25-14-4-7-24-10-14)22-18-21-15(11-26-18)13-2-1-5-19-9-13/h1-3,5-6,8-9,11,14H,4,7,10H2,(H,21,22,23). The maximum Gasteiger partial charge on any atom is 0.257 e. The van der Waals surface area contributed by atoms with Gasteiger partial charge in [0.15, 0.2) is 5.13 Å². The lowest BCUT2D eigenvalue weighted by Crippen LogP contribution is -2.17. The van der Waals surface area contributed by atoms with E-state index >= 15 is 0 Å². The molecule has 1 atom stereocenters. The van der Waals surface area contributed by atoms with Gasteiger partial charge in [0.1, 0.15) is 6.10 Å². The zero-order valence-electron chi connectivity index (χ0n) is 13.8. The molecule has 4 rings (SSSR count). The number of hydrogen-bond donors (Lipinski definition) is 1. The number of nitrogens with zero attached hydrogens (tertiary/aromatic N) is 3. The van der Waals surface area contributed by atoms with Crippen molar-refractivity contribution in [3.05, 3.63) is 53.8 Å². The second-order valence-corrected chi connectivity index (χ2v) is 6.58. The van der Waals surface area contributed by atoms with Crippen LogP contribution in [-0.2, 0) is 4.74 Å². The van der Waals surface area contributed by atoms with E-state index in [1.165, 1.54) is 11.3 Å². The highest BCUT2D eigenvalue weighted by Crippen LogP contribution is 2.24. The number of carbonyl (C=O) groups is 1. The molecule has 0 radical (unpaired) electrons. The van der Waals surface area contributed by atoms with Crippen LogP contribution in [0.25, 0.3) is 11.3 Å². The Kier molecular flexibility index (Phi) is 4.85. The molecule has 1 unspecified atom stereocenters. The predicted octanol–water partition coefficient (Wildman–Crippen LogP) is 3.02. The average Bonchev–Trinajstić information content (AvgIpc) is 3.35. The van der Waals surface area contributed by atoms with Crippen LogP contribution < -0.4 is 10.1 Å². The summed E-state index contributed by atoms with van der Waals surface area (Å²) in [6.45, 7) is 1.24. The second-order valence-electron chi connectivity index (χ2n) is 5.72. The van der Waals surface area contributed by atoms with Gasteiger partial charge in [0.2, 0.25) is 5.88 Å². The maximum absolute atomic E-state index is 12.5. The molecule has 1 saturated heterocycles. The zero-order chi connectivity index (χ0) is 17.8. The smallest absolute Gasteiger partial charge is 0.257 e. The van der Waals surface area contributed by atoms with Gasteiger partial charge in [-0.05, 0) is 18.2 Å². The molecule has 3 aromatic rings. The summed E-state index contributed by atoms with van der Waals surface area (Å²) in [4.78, 5) is 25.2. The Labute approximate surface area is 154 Å². The third-order valence-electron chi connectivity index (χ3n) is 3.85. The number of hydrogen-bond acceptors (Lipinski definition) is 7. The molecule has 26 heavy (non-hydrogen) atoms. The first kappa shape index (κ1) is 16.6. The summed E-state index contributed by atoms with van der Waals surface area (Å²) in [7, 11) is 0. The van der Waals surface area contributed by atoms with Gasteiger partial charge in [0.25, 0.3) is 5.91 Å². The second kappa shape index (κ2) is 7.59. The lowest BCUT2D eigenvalue weighted by molar-refractivity contribution is 0.102. The van der Waals surface area contributed by atoms with Gasteiger partial charge in [0.05, 0.1) is 18.9 Å². The Morgan fingerprint density at radius 1 is 1.35 bits per heavy atom. The van der Waals surface area contributed by atoms with Crippen molar-refractivity contribution in [2.75, 3.05) is 18.5 Å². The van der Waals surface area contributed by atoms with Crippen LogP contribution in [0.2, 0.25) is 0 Å². The van der Waals surface area contributed by atoms with E-state index in [9.17, 15) is 4.79 Å². The van der Waals surface area contributed by atoms with E-state index < -0.39 is 0 Å². The fourth-order valence-corrected chi connectivity index (χ4v) is 3.25. The molecular formula is C18H16N4O3S. The van der Waals surface area contributed by atoms with Gasteiger partial charge in [-0.1, -0.05) is 0 Å². The van der Waals surface area contributed by atoms with Crippen molar-refractivity contribution < 1.29 is 14.3 Å². The Morgan fingerprint density at radius 3 is 3.12 bits per heavy atom. The summed E-state index contributed by atoms with van der Waals surface area (Å²) in [6.07, 6.45) is 5.82.